The quantitative estimate of drug-likeness (QED) is 0.812. The highest BCUT2D eigenvalue weighted by atomic mass is 16.7. The van der Waals surface area contributed by atoms with Crippen LogP contribution in [0, 0.1) is 6.92 Å². The summed E-state index contributed by atoms with van der Waals surface area (Å²) in [5.41, 5.74) is 2.16. The minimum absolute atomic E-state index is 0.149. The Balaban J connectivity index is 1.35. The summed E-state index contributed by atoms with van der Waals surface area (Å²) in [6.07, 6.45) is 0.848. The maximum absolute atomic E-state index is 12.8. The number of benzene rings is 2. The van der Waals surface area contributed by atoms with Crippen molar-refractivity contribution in [1.82, 2.24) is 15.3 Å². The SMILES string of the molecule is Cc1ccccc1C(=O)NCC(=O)N1CCCN1C(=O)Cc1ccc2c(c1)OCO2. The van der Waals surface area contributed by atoms with Gasteiger partial charge in [0.05, 0.1) is 13.0 Å². The van der Waals surface area contributed by atoms with Gasteiger partial charge in [-0.1, -0.05) is 24.3 Å². The summed E-state index contributed by atoms with van der Waals surface area (Å²) >= 11 is 0. The summed E-state index contributed by atoms with van der Waals surface area (Å²) in [6.45, 7) is 2.77. The fraction of sp³-hybridized carbons (Fsp3) is 0.318. The van der Waals surface area contributed by atoms with Crippen molar-refractivity contribution >= 4 is 17.7 Å². The number of nitrogens with zero attached hydrogens (tertiary/aromatic N) is 2. The van der Waals surface area contributed by atoms with Crippen LogP contribution in [0.25, 0.3) is 0 Å². The summed E-state index contributed by atoms with van der Waals surface area (Å²) in [6, 6.07) is 12.6. The normalized spacial score (nSPS) is 14.7. The molecule has 156 valence electrons. The minimum Gasteiger partial charge on any atom is -0.454 e. The molecule has 0 atom stereocenters. The molecule has 0 bridgehead atoms. The fourth-order valence-corrected chi connectivity index (χ4v) is 3.62. The van der Waals surface area contributed by atoms with Crippen molar-refractivity contribution in [2.75, 3.05) is 26.4 Å². The highest BCUT2D eigenvalue weighted by Gasteiger charge is 2.31. The van der Waals surface area contributed by atoms with Crippen LogP contribution in [0.3, 0.4) is 0 Å². The van der Waals surface area contributed by atoms with E-state index in [4.69, 9.17) is 9.47 Å². The molecule has 0 spiro atoms. The smallest absolute Gasteiger partial charge is 0.260 e. The standard InChI is InChI=1S/C22H23N3O5/c1-15-5-2-3-6-17(15)22(28)23-13-21(27)25-10-4-9-24(25)20(26)12-16-7-8-18-19(11-16)30-14-29-18/h2-3,5-8,11H,4,9-10,12-14H2,1H3,(H,23,28). The van der Waals surface area contributed by atoms with Gasteiger partial charge in [-0.3, -0.25) is 19.4 Å². The minimum atomic E-state index is -0.312. The van der Waals surface area contributed by atoms with Gasteiger partial charge in [0.25, 0.3) is 11.8 Å². The number of amides is 3. The Morgan fingerprint density at radius 1 is 0.967 bits per heavy atom. The van der Waals surface area contributed by atoms with Crippen LogP contribution >= 0.6 is 0 Å². The van der Waals surface area contributed by atoms with E-state index in [2.05, 4.69) is 5.32 Å². The molecule has 0 saturated carbocycles. The van der Waals surface area contributed by atoms with Gasteiger partial charge in [0, 0.05) is 18.7 Å². The molecule has 0 aliphatic carbocycles. The number of hydrogen-bond donors (Lipinski definition) is 1. The lowest BCUT2D eigenvalue weighted by molar-refractivity contribution is -0.156. The van der Waals surface area contributed by atoms with E-state index < -0.39 is 0 Å². The Kier molecular flexibility index (Phi) is 5.56. The Morgan fingerprint density at radius 3 is 2.50 bits per heavy atom. The van der Waals surface area contributed by atoms with Crippen LogP contribution in [-0.4, -0.2) is 54.2 Å². The van der Waals surface area contributed by atoms with Gasteiger partial charge in [-0.05, 0) is 42.7 Å². The van der Waals surface area contributed by atoms with Crippen LogP contribution < -0.4 is 14.8 Å². The molecule has 0 radical (unpaired) electrons. The summed E-state index contributed by atoms with van der Waals surface area (Å²) in [5.74, 6) is 0.486. The zero-order chi connectivity index (χ0) is 21.1. The summed E-state index contributed by atoms with van der Waals surface area (Å²) in [7, 11) is 0. The van der Waals surface area contributed by atoms with Gasteiger partial charge < -0.3 is 14.8 Å². The third kappa shape index (κ3) is 4.07. The van der Waals surface area contributed by atoms with E-state index in [1.807, 2.05) is 25.1 Å². The van der Waals surface area contributed by atoms with Crippen LogP contribution in [0.5, 0.6) is 11.5 Å². The first-order valence-electron chi connectivity index (χ1n) is 9.86. The molecule has 1 fully saturated rings. The van der Waals surface area contributed by atoms with Crippen LogP contribution in [0.1, 0.15) is 27.9 Å². The average Bonchev–Trinajstić information content (AvgIpc) is 3.41. The van der Waals surface area contributed by atoms with Gasteiger partial charge in [0.1, 0.15) is 0 Å². The molecule has 2 aromatic carbocycles. The van der Waals surface area contributed by atoms with Crippen molar-refractivity contribution in [2.45, 2.75) is 19.8 Å². The Morgan fingerprint density at radius 2 is 1.70 bits per heavy atom. The van der Waals surface area contributed by atoms with Crippen molar-refractivity contribution in [1.29, 1.82) is 0 Å². The first kappa shape index (κ1) is 19.8. The summed E-state index contributed by atoms with van der Waals surface area (Å²) in [4.78, 5) is 37.8. The maximum Gasteiger partial charge on any atom is 0.260 e. The number of carbonyl (C=O) groups is 3. The number of aryl methyl sites for hydroxylation is 1. The fourth-order valence-electron chi connectivity index (χ4n) is 3.62. The van der Waals surface area contributed by atoms with Crippen molar-refractivity contribution in [3.05, 3.63) is 59.2 Å². The second kappa shape index (κ2) is 8.44. The number of hydrazine groups is 1. The van der Waals surface area contributed by atoms with Gasteiger partial charge >= 0.3 is 0 Å². The van der Waals surface area contributed by atoms with E-state index in [1.165, 1.54) is 10.0 Å². The Hall–Kier alpha value is -3.55. The lowest BCUT2D eigenvalue weighted by Gasteiger charge is -2.28. The highest BCUT2D eigenvalue weighted by Crippen LogP contribution is 2.32. The third-order valence-electron chi connectivity index (χ3n) is 5.19. The summed E-state index contributed by atoms with van der Waals surface area (Å²) in [5, 5.41) is 5.54. The van der Waals surface area contributed by atoms with Gasteiger partial charge in [0.2, 0.25) is 12.7 Å². The topological polar surface area (TPSA) is 88.2 Å². The molecule has 3 amide bonds. The first-order valence-corrected chi connectivity index (χ1v) is 9.86. The molecule has 2 aliphatic heterocycles. The second-order valence-corrected chi connectivity index (χ2v) is 7.25. The third-order valence-corrected chi connectivity index (χ3v) is 5.19. The molecule has 0 aromatic heterocycles. The number of ether oxygens (including phenoxy) is 2. The first-order chi connectivity index (χ1) is 14.5. The van der Waals surface area contributed by atoms with Crippen LogP contribution in [0.2, 0.25) is 0 Å². The molecule has 1 saturated heterocycles. The van der Waals surface area contributed by atoms with Gasteiger partial charge in [0.15, 0.2) is 11.5 Å². The van der Waals surface area contributed by atoms with Crippen molar-refractivity contribution in [2.24, 2.45) is 0 Å². The monoisotopic (exact) mass is 409 g/mol. The molecule has 30 heavy (non-hydrogen) atoms. The maximum atomic E-state index is 12.8. The number of rotatable bonds is 5. The zero-order valence-corrected chi connectivity index (χ0v) is 16.7. The van der Waals surface area contributed by atoms with Crippen LogP contribution in [0.15, 0.2) is 42.5 Å². The van der Waals surface area contributed by atoms with Crippen LogP contribution in [-0.2, 0) is 16.0 Å². The van der Waals surface area contributed by atoms with Crippen molar-refractivity contribution in [3.63, 3.8) is 0 Å². The van der Waals surface area contributed by atoms with E-state index in [1.54, 1.807) is 24.3 Å². The molecule has 8 nitrogen and oxygen atoms in total. The van der Waals surface area contributed by atoms with Crippen molar-refractivity contribution < 1.29 is 23.9 Å². The highest BCUT2D eigenvalue weighted by molar-refractivity contribution is 5.97. The van der Waals surface area contributed by atoms with Gasteiger partial charge in [-0.25, -0.2) is 5.01 Å². The Bertz CT molecular complexity index is 990. The predicted molar refractivity (Wildman–Crippen MR) is 108 cm³/mol. The second-order valence-electron chi connectivity index (χ2n) is 7.25. The molecule has 1 N–H and O–H groups in total. The summed E-state index contributed by atoms with van der Waals surface area (Å²) < 4.78 is 10.6. The number of nitrogens with one attached hydrogen (secondary N) is 1. The molecular formula is C22H23N3O5. The zero-order valence-electron chi connectivity index (χ0n) is 16.7. The van der Waals surface area contributed by atoms with Gasteiger partial charge in [-0.15, -0.1) is 0 Å². The van der Waals surface area contributed by atoms with Crippen LogP contribution in [0.4, 0.5) is 0 Å². The number of carbonyl (C=O) groups excluding carboxylic acids is 3. The van der Waals surface area contributed by atoms with E-state index in [9.17, 15) is 14.4 Å². The van der Waals surface area contributed by atoms with E-state index in [-0.39, 0.29) is 37.5 Å². The van der Waals surface area contributed by atoms with E-state index >= 15 is 0 Å². The van der Waals surface area contributed by atoms with E-state index in [0.29, 0.717) is 36.6 Å². The van der Waals surface area contributed by atoms with E-state index in [0.717, 1.165) is 11.1 Å². The molecule has 2 heterocycles. The lowest BCUT2D eigenvalue weighted by Crippen LogP contribution is -2.49. The predicted octanol–water partition coefficient (Wildman–Crippen LogP) is 1.67. The number of hydrogen-bond acceptors (Lipinski definition) is 5. The average molecular weight is 409 g/mol. The molecule has 8 heteroatoms. The number of fused-ring (bicyclic) bond motifs is 1. The Labute approximate surface area is 174 Å². The molecule has 4 rings (SSSR count). The molecule has 2 aliphatic rings. The van der Waals surface area contributed by atoms with Gasteiger partial charge in [-0.2, -0.15) is 0 Å². The molecular weight excluding hydrogens is 386 g/mol. The largest absolute Gasteiger partial charge is 0.454 e. The molecule has 0 unspecified atom stereocenters. The molecule has 2 aromatic rings. The lowest BCUT2D eigenvalue weighted by atomic mass is 10.1. The van der Waals surface area contributed by atoms with Crippen molar-refractivity contribution in [3.8, 4) is 11.5 Å².